The fourth-order valence-corrected chi connectivity index (χ4v) is 3.90. The standard InChI is InChI=1S/C22H13Cl3N2O4/c23-13-2-4-17(28)16(10-13)27-19(11-5-7-26-8-6-11)18(21(30)22(27)31)20(29)12-1-3-14(24)15(25)9-12/h1-10,19,28-29H/b20-18+. The Balaban J connectivity index is 1.98. The lowest BCUT2D eigenvalue weighted by molar-refractivity contribution is -0.132. The van der Waals surface area contributed by atoms with Gasteiger partial charge < -0.3 is 10.2 Å². The van der Waals surface area contributed by atoms with E-state index in [1.165, 1.54) is 48.8 Å². The number of anilines is 1. The van der Waals surface area contributed by atoms with Crippen LogP contribution in [0.2, 0.25) is 15.1 Å². The van der Waals surface area contributed by atoms with Crippen molar-refractivity contribution in [2.45, 2.75) is 6.04 Å². The second-order valence-corrected chi connectivity index (χ2v) is 7.96. The molecule has 1 aromatic heterocycles. The van der Waals surface area contributed by atoms with Crippen molar-refractivity contribution in [3.05, 3.63) is 92.7 Å². The first-order valence-corrected chi connectivity index (χ1v) is 10.1. The number of carbonyl (C=O) groups excluding carboxylic acids is 2. The highest BCUT2D eigenvalue weighted by Gasteiger charge is 2.47. The number of phenolic OH excluding ortho intramolecular Hbond substituents is 1. The largest absolute Gasteiger partial charge is 0.507 e. The number of benzene rings is 2. The van der Waals surface area contributed by atoms with Crippen LogP contribution >= 0.6 is 34.8 Å². The second-order valence-electron chi connectivity index (χ2n) is 6.71. The molecule has 6 nitrogen and oxygen atoms in total. The van der Waals surface area contributed by atoms with Crippen molar-refractivity contribution in [1.29, 1.82) is 0 Å². The number of rotatable bonds is 3. The van der Waals surface area contributed by atoms with E-state index < -0.39 is 23.5 Å². The molecule has 1 unspecified atom stereocenters. The van der Waals surface area contributed by atoms with Crippen LogP contribution < -0.4 is 4.90 Å². The number of aromatic nitrogens is 1. The molecule has 4 rings (SSSR count). The molecule has 156 valence electrons. The lowest BCUT2D eigenvalue weighted by Crippen LogP contribution is -2.29. The molecule has 2 heterocycles. The Kier molecular flexibility index (Phi) is 5.62. The van der Waals surface area contributed by atoms with Gasteiger partial charge in [0.15, 0.2) is 0 Å². The SMILES string of the molecule is O=C1C(=O)N(c2cc(Cl)ccc2O)C(c2ccncc2)/C1=C(\O)c1ccc(Cl)c(Cl)c1. The number of nitrogens with zero attached hydrogens (tertiary/aromatic N) is 2. The number of hydrogen-bond donors (Lipinski definition) is 2. The van der Waals surface area contributed by atoms with Crippen molar-refractivity contribution in [3.63, 3.8) is 0 Å². The number of ketones is 1. The Hall–Kier alpha value is -3.06. The molecule has 1 atom stereocenters. The molecule has 2 N–H and O–H groups in total. The molecule has 1 saturated heterocycles. The van der Waals surface area contributed by atoms with E-state index in [4.69, 9.17) is 34.8 Å². The van der Waals surface area contributed by atoms with Crippen molar-refractivity contribution in [1.82, 2.24) is 4.98 Å². The first kappa shape index (κ1) is 21.2. The highest BCUT2D eigenvalue weighted by molar-refractivity contribution is 6.52. The van der Waals surface area contributed by atoms with Crippen molar-refractivity contribution in [2.75, 3.05) is 4.90 Å². The molecule has 1 fully saturated rings. The summed E-state index contributed by atoms with van der Waals surface area (Å²) in [6, 6.07) is 10.7. The predicted molar refractivity (Wildman–Crippen MR) is 119 cm³/mol. The van der Waals surface area contributed by atoms with Gasteiger partial charge in [-0.1, -0.05) is 34.8 Å². The van der Waals surface area contributed by atoms with Gasteiger partial charge in [-0.05, 0) is 54.1 Å². The number of pyridine rings is 1. The van der Waals surface area contributed by atoms with Gasteiger partial charge in [0.2, 0.25) is 0 Å². The Bertz CT molecular complexity index is 1240. The molecule has 0 bridgehead atoms. The molecular weight excluding hydrogens is 463 g/mol. The van der Waals surface area contributed by atoms with Gasteiger partial charge in [0, 0.05) is 23.0 Å². The quantitative estimate of drug-likeness (QED) is 0.302. The molecule has 31 heavy (non-hydrogen) atoms. The summed E-state index contributed by atoms with van der Waals surface area (Å²) < 4.78 is 0. The number of carbonyl (C=O) groups is 2. The molecule has 0 radical (unpaired) electrons. The van der Waals surface area contributed by atoms with E-state index >= 15 is 0 Å². The van der Waals surface area contributed by atoms with E-state index in [-0.39, 0.29) is 37.6 Å². The number of aromatic hydroxyl groups is 1. The monoisotopic (exact) mass is 474 g/mol. The molecular formula is C22H13Cl3N2O4. The molecule has 3 aromatic rings. The average molecular weight is 476 g/mol. The molecule has 0 aliphatic carbocycles. The van der Waals surface area contributed by atoms with Gasteiger partial charge in [-0.25, -0.2) is 0 Å². The third kappa shape index (κ3) is 3.74. The minimum atomic E-state index is -1.04. The van der Waals surface area contributed by atoms with Crippen LogP contribution in [0.5, 0.6) is 5.75 Å². The fourth-order valence-electron chi connectivity index (χ4n) is 3.43. The Morgan fingerprint density at radius 3 is 2.32 bits per heavy atom. The maximum Gasteiger partial charge on any atom is 0.300 e. The summed E-state index contributed by atoms with van der Waals surface area (Å²) in [5.74, 6) is -2.53. The Labute approximate surface area is 191 Å². The normalized spacial score (nSPS) is 17.9. The Morgan fingerprint density at radius 2 is 1.65 bits per heavy atom. The predicted octanol–water partition coefficient (Wildman–Crippen LogP) is 5.37. The molecule has 0 saturated carbocycles. The highest BCUT2D eigenvalue weighted by atomic mass is 35.5. The van der Waals surface area contributed by atoms with Crippen molar-refractivity contribution >= 4 is 57.9 Å². The minimum Gasteiger partial charge on any atom is -0.507 e. The maximum absolute atomic E-state index is 13.0. The van der Waals surface area contributed by atoms with Gasteiger partial charge >= 0.3 is 0 Å². The third-order valence-corrected chi connectivity index (χ3v) is 5.83. The van der Waals surface area contributed by atoms with Crippen molar-refractivity contribution < 1.29 is 19.8 Å². The van der Waals surface area contributed by atoms with Gasteiger partial charge in [0.1, 0.15) is 11.5 Å². The number of phenols is 1. The minimum absolute atomic E-state index is 0.0320. The number of hydrogen-bond acceptors (Lipinski definition) is 5. The van der Waals surface area contributed by atoms with Crippen LogP contribution in [0.3, 0.4) is 0 Å². The maximum atomic E-state index is 13.0. The van der Waals surface area contributed by atoms with E-state index in [9.17, 15) is 19.8 Å². The second kappa shape index (κ2) is 8.23. The molecule has 1 aliphatic heterocycles. The molecule has 1 amide bonds. The van der Waals surface area contributed by atoms with Crippen LogP contribution in [0, 0.1) is 0 Å². The van der Waals surface area contributed by atoms with Crippen LogP contribution in [0.15, 0.2) is 66.5 Å². The summed E-state index contributed by atoms with van der Waals surface area (Å²) in [4.78, 5) is 31.1. The van der Waals surface area contributed by atoms with Crippen LogP contribution in [0.4, 0.5) is 5.69 Å². The molecule has 2 aromatic carbocycles. The van der Waals surface area contributed by atoms with Gasteiger partial charge in [0.05, 0.1) is 27.3 Å². The summed E-state index contributed by atoms with van der Waals surface area (Å²) in [5, 5.41) is 22.1. The van der Waals surface area contributed by atoms with Gasteiger partial charge in [0.25, 0.3) is 11.7 Å². The van der Waals surface area contributed by atoms with E-state index in [2.05, 4.69) is 4.98 Å². The van der Waals surface area contributed by atoms with Crippen LogP contribution in [0.25, 0.3) is 5.76 Å². The van der Waals surface area contributed by atoms with E-state index in [1.807, 2.05) is 0 Å². The fraction of sp³-hybridized carbons (Fsp3) is 0.0455. The average Bonchev–Trinajstić information content (AvgIpc) is 3.02. The van der Waals surface area contributed by atoms with Crippen molar-refractivity contribution in [3.8, 4) is 5.75 Å². The van der Waals surface area contributed by atoms with Crippen LogP contribution in [-0.4, -0.2) is 26.9 Å². The summed E-state index contributed by atoms with van der Waals surface area (Å²) in [7, 11) is 0. The highest BCUT2D eigenvalue weighted by Crippen LogP contribution is 2.45. The smallest absolute Gasteiger partial charge is 0.300 e. The van der Waals surface area contributed by atoms with Crippen molar-refractivity contribution in [2.24, 2.45) is 0 Å². The summed E-state index contributed by atoms with van der Waals surface area (Å²) >= 11 is 18.1. The van der Waals surface area contributed by atoms with E-state index in [0.29, 0.717) is 5.56 Å². The van der Waals surface area contributed by atoms with Crippen LogP contribution in [0.1, 0.15) is 17.2 Å². The van der Waals surface area contributed by atoms with Gasteiger partial charge in [-0.15, -0.1) is 0 Å². The molecule has 9 heteroatoms. The van der Waals surface area contributed by atoms with Gasteiger partial charge in [-0.3, -0.25) is 19.5 Å². The Morgan fingerprint density at radius 1 is 0.935 bits per heavy atom. The summed E-state index contributed by atoms with van der Waals surface area (Å²) in [5.41, 5.74) is 0.565. The summed E-state index contributed by atoms with van der Waals surface area (Å²) in [6.45, 7) is 0. The first-order valence-electron chi connectivity index (χ1n) is 8.94. The third-order valence-electron chi connectivity index (χ3n) is 4.86. The lowest BCUT2D eigenvalue weighted by atomic mass is 9.95. The zero-order chi connectivity index (χ0) is 22.3. The molecule has 0 spiro atoms. The number of halogens is 3. The van der Waals surface area contributed by atoms with E-state index in [0.717, 1.165) is 4.90 Å². The number of aliphatic hydroxyl groups excluding tert-OH is 1. The lowest BCUT2D eigenvalue weighted by Gasteiger charge is -2.26. The molecule has 1 aliphatic rings. The van der Waals surface area contributed by atoms with Crippen LogP contribution in [-0.2, 0) is 9.59 Å². The first-order chi connectivity index (χ1) is 14.8. The van der Waals surface area contributed by atoms with Gasteiger partial charge in [-0.2, -0.15) is 0 Å². The van der Waals surface area contributed by atoms with E-state index in [1.54, 1.807) is 12.1 Å². The summed E-state index contributed by atoms with van der Waals surface area (Å²) in [6.07, 6.45) is 2.99. The zero-order valence-electron chi connectivity index (χ0n) is 15.6. The number of aliphatic hydroxyl groups is 1. The number of Topliss-reactive ketones (excluding diaryl/α,β-unsaturated/α-hetero) is 1. The zero-order valence-corrected chi connectivity index (χ0v) is 17.9. The topological polar surface area (TPSA) is 90.7 Å². The number of amides is 1.